The van der Waals surface area contributed by atoms with E-state index in [-0.39, 0.29) is 18.1 Å². The number of aromatic nitrogens is 2. The number of amidine groups is 1. The molecule has 1 amide bonds. The van der Waals surface area contributed by atoms with Crippen LogP contribution in [-0.4, -0.2) is 43.9 Å². The molecular formula is C24H30N6O2. The van der Waals surface area contributed by atoms with Gasteiger partial charge in [0.15, 0.2) is 6.23 Å². The van der Waals surface area contributed by atoms with Crippen LogP contribution < -0.4 is 10.6 Å². The Hall–Kier alpha value is -3.23. The van der Waals surface area contributed by atoms with Crippen LogP contribution in [0.2, 0.25) is 0 Å². The Bertz CT molecular complexity index is 1120. The lowest BCUT2D eigenvalue weighted by Gasteiger charge is -2.29. The van der Waals surface area contributed by atoms with Gasteiger partial charge in [0, 0.05) is 25.1 Å². The Morgan fingerprint density at radius 2 is 2.03 bits per heavy atom. The van der Waals surface area contributed by atoms with Gasteiger partial charge in [-0.25, -0.2) is 9.98 Å². The maximum atomic E-state index is 12.6. The molecule has 0 saturated carbocycles. The van der Waals surface area contributed by atoms with E-state index in [1.807, 2.05) is 22.7 Å². The van der Waals surface area contributed by atoms with Gasteiger partial charge in [-0.15, -0.1) is 0 Å². The fraction of sp³-hybridized carbons (Fsp3) is 0.375. The standard InChI is InChI=1S/C24H30N6O2/c1-24(2,3)9-10-25-13-17-7-8-20-27-18(16-29(20)15-17)14-26-23(32)19-12-22(31)30-11-5-4-6-21(30)28-19/h4-8,11-12,15-16,22,25,31H,9-10,13-14H2,1-3H3,(H,26,32). The van der Waals surface area contributed by atoms with Crippen molar-refractivity contribution in [3.05, 3.63) is 72.0 Å². The lowest BCUT2D eigenvalue weighted by molar-refractivity contribution is -0.117. The average molecular weight is 435 g/mol. The predicted molar refractivity (Wildman–Crippen MR) is 124 cm³/mol. The number of allylic oxidation sites excluding steroid dienone is 2. The molecule has 0 aromatic carbocycles. The van der Waals surface area contributed by atoms with E-state index in [9.17, 15) is 9.90 Å². The van der Waals surface area contributed by atoms with E-state index in [4.69, 9.17) is 0 Å². The van der Waals surface area contributed by atoms with Gasteiger partial charge in [0.05, 0.1) is 12.2 Å². The highest BCUT2D eigenvalue weighted by Crippen LogP contribution is 2.18. The summed E-state index contributed by atoms with van der Waals surface area (Å²) in [7, 11) is 0. The number of carbonyl (C=O) groups is 1. The lowest BCUT2D eigenvalue weighted by atomic mass is 9.92. The summed E-state index contributed by atoms with van der Waals surface area (Å²) in [6, 6.07) is 4.05. The van der Waals surface area contributed by atoms with Crippen LogP contribution in [0.1, 0.15) is 38.4 Å². The van der Waals surface area contributed by atoms with Crippen LogP contribution in [-0.2, 0) is 17.9 Å². The SMILES string of the molecule is CC(C)(C)CCNCc1ccc2nc(CNC(=O)C3=CC(O)N4C=CC=CC4=N3)cn2c1. The molecule has 4 rings (SSSR count). The first kappa shape index (κ1) is 22.0. The van der Waals surface area contributed by atoms with Gasteiger partial charge in [0.1, 0.15) is 17.2 Å². The van der Waals surface area contributed by atoms with Crippen LogP contribution >= 0.6 is 0 Å². The minimum atomic E-state index is -0.921. The minimum absolute atomic E-state index is 0.191. The molecule has 0 aliphatic carbocycles. The predicted octanol–water partition coefficient (Wildman–Crippen LogP) is 2.48. The van der Waals surface area contributed by atoms with Crippen molar-refractivity contribution in [3.8, 4) is 0 Å². The number of imidazole rings is 1. The number of amides is 1. The Labute approximate surface area is 188 Å². The highest BCUT2D eigenvalue weighted by molar-refractivity contribution is 6.02. The molecule has 2 aromatic rings. The van der Waals surface area contributed by atoms with Crippen LogP contribution in [0.25, 0.3) is 5.65 Å². The topological polar surface area (TPSA) is 94.3 Å². The highest BCUT2D eigenvalue weighted by atomic mass is 16.3. The van der Waals surface area contributed by atoms with Crippen molar-refractivity contribution in [3.63, 3.8) is 0 Å². The molecule has 2 aromatic heterocycles. The van der Waals surface area contributed by atoms with E-state index in [1.165, 1.54) is 11.6 Å². The first-order valence-corrected chi connectivity index (χ1v) is 10.9. The first-order valence-electron chi connectivity index (χ1n) is 10.9. The zero-order valence-corrected chi connectivity index (χ0v) is 18.7. The zero-order valence-electron chi connectivity index (χ0n) is 18.7. The van der Waals surface area contributed by atoms with Gasteiger partial charge in [-0.1, -0.05) is 32.9 Å². The van der Waals surface area contributed by atoms with Crippen molar-refractivity contribution in [1.29, 1.82) is 0 Å². The molecule has 0 fully saturated rings. The van der Waals surface area contributed by atoms with Crippen LogP contribution in [0, 0.1) is 5.41 Å². The monoisotopic (exact) mass is 434 g/mol. The second-order valence-corrected chi connectivity index (χ2v) is 9.25. The average Bonchev–Trinajstić information content (AvgIpc) is 3.16. The second kappa shape index (κ2) is 9.10. The Balaban J connectivity index is 1.34. The number of hydrogen-bond acceptors (Lipinski definition) is 6. The summed E-state index contributed by atoms with van der Waals surface area (Å²) in [5.74, 6) is 0.184. The molecule has 168 valence electrons. The summed E-state index contributed by atoms with van der Waals surface area (Å²) in [6.45, 7) is 8.77. The molecule has 0 radical (unpaired) electrons. The number of nitrogens with one attached hydrogen (secondary N) is 2. The van der Waals surface area contributed by atoms with Crippen molar-refractivity contribution >= 4 is 17.4 Å². The third-order valence-corrected chi connectivity index (χ3v) is 5.30. The molecule has 32 heavy (non-hydrogen) atoms. The number of aliphatic hydroxyl groups is 1. The van der Waals surface area contributed by atoms with E-state index < -0.39 is 6.23 Å². The van der Waals surface area contributed by atoms with E-state index in [0.717, 1.165) is 30.9 Å². The number of nitrogens with zero attached hydrogens (tertiary/aromatic N) is 4. The third kappa shape index (κ3) is 5.33. The van der Waals surface area contributed by atoms with Crippen molar-refractivity contribution < 1.29 is 9.90 Å². The normalized spacial score (nSPS) is 17.9. The number of fused-ring (bicyclic) bond motifs is 2. The maximum Gasteiger partial charge on any atom is 0.270 e. The lowest BCUT2D eigenvalue weighted by Crippen LogP contribution is -2.39. The minimum Gasteiger partial charge on any atom is -0.369 e. The number of aliphatic imine (C=N–C) groups is 1. The van der Waals surface area contributed by atoms with E-state index in [0.29, 0.717) is 11.3 Å². The number of hydrogen-bond donors (Lipinski definition) is 3. The molecule has 1 unspecified atom stereocenters. The smallest absolute Gasteiger partial charge is 0.270 e. The molecule has 8 heteroatoms. The maximum absolute atomic E-state index is 12.6. The first-order chi connectivity index (χ1) is 15.3. The molecule has 0 bridgehead atoms. The molecule has 0 saturated heterocycles. The second-order valence-electron chi connectivity index (χ2n) is 9.25. The summed E-state index contributed by atoms with van der Waals surface area (Å²) >= 11 is 0. The van der Waals surface area contributed by atoms with Crippen molar-refractivity contribution in [1.82, 2.24) is 24.9 Å². The van der Waals surface area contributed by atoms with Gasteiger partial charge >= 0.3 is 0 Å². The molecule has 1 atom stereocenters. The number of pyridine rings is 1. The number of aliphatic hydroxyl groups excluding tert-OH is 1. The van der Waals surface area contributed by atoms with Crippen molar-refractivity contribution in [2.75, 3.05) is 6.54 Å². The highest BCUT2D eigenvalue weighted by Gasteiger charge is 2.24. The molecule has 0 spiro atoms. The third-order valence-electron chi connectivity index (χ3n) is 5.30. The molecule has 2 aliphatic heterocycles. The van der Waals surface area contributed by atoms with Crippen LogP contribution in [0.4, 0.5) is 0 Å². The molecule has 3 N–H and O–H groups in total. The van der Waals surface area contributed by atoms with E-state index >= 15 is 0 Å². The number of rotatable bonds is 7. The number of carbonyl (C=O) groups excluding carboxylic acids is 1. The summed E-state index contributed by atoms with van der Waals surface area (Å²) in [5, 5.41) is 16.6. The van der Waals surface area contributed by atoms with Gasteiger partial charge in [-0.3, -0.25) is 4.79 Å². The Morgan fingerprint density at radius 3 is 2.84 bits per heavy atom. The van der Waals surface area contributed by atoms with Gasteiger partial charge in [0.25, 0.3) is 5.91 Å². The van der Waals surface area contributed by atoms with Crippen LogP contribution in [0.15, 0.2) is 65.7 Å². The molecular weight excluding hydrogens is 404 g/mol. The largest absolute Gasteiger partial charge is 0.369 e. The van der Waals surface area contributed by atoms with E-state index in [1.54, 1.807) is 23.3 Å². The van der Waals surface area contributed by atoms with Gasteiger partial charge < -0.3 is 25.0 Å². The summed E-state index contributed by atoms with van der Waals surface area (Å²) in [4.78, 5) is 23.1. The summed E-state index contributed by atoms with van der Waals surface area (Å²) < 4.78 is 1.98. The Morgan fingerprint density at radius 1 is 1.19 bits per heavy atom. The van der Waals surface area contributed by atoms with Gasteiger partial charge in [0.2, 0.25) is 0 Å². The summed E-state index contributed by atoms with van der Waals surface area (Å²) in [5.41, 5.74) is 3.27. The van der Waals surface area contributed by atoms with E-state index in [2.05, 4.69) is 53.6 Å². The van der Waals surface area contributed by atoms with Gasteiger partial charge in [-0.05, 0) is 48.2 Å². The van der Waals surface area contributed by atoms with Crippen LogP contribution in [0.3, 0.4) is 0 Å². The Kier molecular flexibility index (Phi) is 6.25. The van der Waals surface area contributed by atoms with Gasteiger partial charge in [-0.2, -0.15) is 0 Å². The fourth-order valence-corrected chi connectivity index (χ4v) is 3.51. The van der Waals surface area contributed by atoms with Crippen molar-refractivity contribution in [2.24, 2.45) is 10.4 Å². The molecule has 2 aliphatic rings. The zero-order chi connectivity index (χ0) is 22.7. The fourth-order valence-electron chi connectivity index (χ4n) is 3.51. The van der Waals surface area contributed by atoms with Crippen molar-refractivity contribution in [2.45, 2.75) is 46.5 Å². The molecule has 8 nitrogen and oxygen atoms in total. The van der Waals surface area contributed by atoms with Crippen LogP contribution in [0.5, 0.6) is 0 Å². The quantitative estimate of drug-likeness (QED) is 0.582. The summed E-state index contributed by atoms with van der Waals surface area (Å²) in [6.07, 6.45) is 12.7. The molecule has 4 heterocycles.